The minimum Gasteiger partial charge on any atom is -0.310 e. The lowest BCUT2D eigenvalue weighted by Crippen LogP contribution is -2.19. The van der Waals surface area contributed by atoms with Crippen LogP contribution in [0.25, 0.3) is 0 Å². The molecule has 108 valence electrons. The van der Waals surface area contributed by atoms with E-state index >= 15 is 0 Å². The van der Waals surface area contributed by atoms with Gasteiger partial charge in [-0.1, -0.05) is 26.0 Å². The van der Waals surface area contributed by atoms with Gasteiger partial charge in [0.05, 0.1) is 0 Å². The Labute approximate surface area is 125 Å². The van der Waals surface area contributed by atoms with E-state index in [2.05, 4.69) is 53.6 Å². The van der Waals surface area contributed by atoms with Crippen LogP contribution in [0.15, 0.2) is 34.3 Å². The second-order valence-corrected chi connectivity index (χ2v) is 5.82. The molecule has 0 aliphatic heterocycles. The van der Waals surface area contributed by atoms with Crippen molar-refractivity contribution in [2.24, 2.45) is 7.05 Å². The number of hydrogen-bond donors (Lipinski definition) is 1. The van der Waals surface area contributed by atoms with Crippen LogP contribution >= 0.6 is 11.8 Å². The molecule has 0 saturated carbocycles. The van der Waals surface area contributed by atoms with E-state index in [1.807, 2.05) is 18.5 Å². The van der Waals surface area contributed by atoms with Gasteiger partial charge >= 0.3 is 0 Å². The molecule has 0 spiro atoms. The molecule has 0 aliphatic rings. The van der Waals surface area contributed by atoms with Crippen molar-refractivity contribution in [1.29, 1.82) is 0 Å². The van der Waals surface area contributed by atoms with Crippen LogP contribution in [0.5, 0.6) is 0 Å². The molecular weight excluding hydrogens is 268 g/mol. The van der Waals surface area contributed by atoms with Gasteiger partial charge in [-0.3, -0.25) is 0 Å². The number of benzene rings is 1. The van der Waals surface area contributed by atoms with Gasteiger partial charge in [0.25, 0.3) is 0 Å². The summed E-state index contributed by atoms with van der Waals surface area (Å²) < 4.78 is 2.01. The molecule has 1 aromatic heterocycles. The highest BCUT2D eigenvalue weighted by Gasteiger charge is 2.09. The highest BCUT2D eigenvalue weighted by atomic mass is 32.2. The molecule has 5 heteroatoms. The van der Waals surface area contributed by atoms with Crippen molar-refractivity contribution >= 4 is 11.8 Å². The molecule has 1 unspecified atom stereocenters. The van der Waals surface area contributed by atoms with E-state index in [0.29, 0.717) is 6.04 Å². The van der Waals surface area contributed by atoms with E-state index < -0.39 is 0 Å². The number of nitrogens with zero attached hydrogens (tertiary/aromatic N) is 3. The lowest BCUT2D eigenvalue weighted by atomic mass is 10.1. The molecule has 0 amide bonds. The zero-order chi connectivity index (χ0) is 14.5. The second kappa shape index (κ2) is 6.90. The third kappa shape index (κ3) is 3.41. The van der Waals surface area contributed by atoms with Crippen molar-refractivity contribution in [3.05, 3.63) is 35.7 Å². The lowest BCUT2D eigenvalue weighted by molar-refractivity contribution is 0.537. The van der Waals surface area contributed by atoms with Gasteiger partial charge < -0.3 is 9.88 Å². The Kier molecular flexibility index (Phi) is 5.20. The Morgan fingerprint density at radius 3 is 2.40 bits per heavy atom. The summed E-state index contributed by atoms with van der Waals surface area (Å²) in [4.78, 5) is 1.19. The molecule has 0 radical (unpaired) electrons. The Bertz CT molecular complexity index is 548. The molecule has 1 atom stereocenters. The summed E-state index contributed by atoms with van der Waals surface area (Å²) in [6.07, 6.45) is 1.10. The maximum Gasteiger partial charge on any atom is 0.195 e. The van der Waals surface area contributed by atoms with Crippen LogP contribution in [0.2, 0.25) is 0 Å². The van der Waals surface area contributed by atoms with Crippen molar-refractivity contribution in [2.45, 2.75) is 43.3 Å². The standard InChI is InChI=1S/C15H22N4S/c1-5-14(16-6-2)12-7-9-13(10-8-12)20-15-18-17-11(3)19(15)4/h7-10,14,16H,5-6H2,1-4H3. The van der Waals surface area contributed by atoms with Crippen LogP contribution in [0, 0.1) is 6.92 Å². The van der Waals surface area contributed by atoms with Crippen LogP contribution < -0.4 is 5.32 Å². The van der Waals surface area contributed by atoms with Gasteiger partial charge in [-0.15, -0.1) is 10.2 Å². The molecule has 0 aliphatic carbocycles. The number of rotatable bonds is 6. The fourth-order valence-electron chi connectivity index (χ4n) is 2.09. The Hall–Kier alpha value is -1.33. The van der Waals surface area contributed by atoms with E-state index in [0.717, 1.165) is 23.9 Å². The van der Waals surface area contributed by atoms with Gasteiger partial charge in [0.15, 0.2) is 5.16 Å². The topological polar surface area (TPSA) is 42.7 Å². The summed E-state index contributed by atoms with van der Waals surface area (Å²) in [7, 11) is 1.99. The summed E-state index contributed by atoms with van der Waals surface area (Å²) in [5, 5.41) is 12.7. The number of hydrogen-bond acceptors (Lipinski definition) is 4. The van der Waals surface area contributed by atoms with E-state index in [4.69, 9.17) is 0 Å². The summed E-state index contributed by atoms with van der Waals surface area (Å²) in [6, 6.07) is 9.15. The average Bonchev–Trinajstić information content (AvgIpc) is 2.78. The first-order valence-electron chi connectivity index (χ1n) is 7.02. The van der Waals surface area contributed by atoms with Crippen molar-refractivity contribution in [1.82, 2.24) is 20.1 Å². The third-order valence-electron chi connectivity index (χ3n) is 3.40. The fourth-order valence-corrected chi connectivity index (χ4v) is 2.93. The minimum absolute atomic E-state index is 0.441. The molecular formula is C15H22N4S. The SMILES string of the molecule is CCNC(CC)c1ccc(Sc2nnc(C)n2C)cc1. The summed E-state index contributed by atoms with van der Waals surface area (Å²) in [5.74, 6) is 0.933. The fraction of sp³-hybridized carbons (Fsp3) is 0.467. The highest BCUT2D eigenvalue weighted by molar-refractivity contribution is 7.99. The highest BCUT2D eigenvalue weighted by Crippen LogP contribution is 2.27. The largest absolute Gasteiger partial charge is 0.310 e. The number of aromatic nitrogens is 3. The zero-order valence-electron chi connectivity index (χ0n) is 12.6. The predicted octanol–water partition coefficient (Wildman–Crippen LogP) is 3.34. The van der Waals surface area contributed by atoms with Crippen molar-refractivity contribution in [2.75, 3.05) is 6.54 Å². The minimum atomic E-state index is 0.441. The van der Waals surface area contributed by atoms with Gasteiger partial charge in [0.1, 0.15) is 5.82 Å². The smallest absolute Gasteiger partial charge is 0.195 e. The molecule has 0 bridgehead atoms. The predicted molar refractivity (Wildman–Crippen MR) is 83.0 cm³/mol. The molecule has 0 saturated heterocycles. The first-order chi connectivity index (χ1) is 9.65. The Morgan fingerprint density at radius 1 is 1.20 bits per heavy atom. The van der Waals surface area contributed by atoms with Crippen molar-refractivity contribution in [3.63, 3.8) is 0 Å². The van der Waals surface area contributed by atoms with Gasteiger partial charge in [0, 0.05) is 18.0 Å². The van der Waals surface area contributed by atoms with Gasteiger partial charge in [0.2, 0.25) is 0 Å². The van der Waals surface area contributed by atoms with Crippen LogP contribution in [0.4, 0.5) is 0 Å². The maximum absolute atomic E-state index is 4.18. The Balaban J connectivity index is 2.10. The van der Waals surface area contributed by atoms with Gasteiger partial charge in [-0.25, -0.2) is 0 Å². The average molecular weight is 290 g/mol. The summed E-state index contributed by atoms with van der Waals surface area (Å²) >= 11 is 1.65. The van der Waals surface area contributed by atoms with E-state index in [9.17, 15) is 0 Å². The molecule has 4 nitrogen and oxygen atoms in total. The zero-order valence-corrected chi connectivity index (χ0v) is 13.4. The van der Waals surface area contributed by atoms with Crippen LogP contribution in [0.3, 0.4) is 0 Å². The van der Waals surface area contributed by atoms with Crippen LogP contribution in [-0.4, -0.2) is 21.3 Å². The Morgan fingerprint density at radius 2 is 1.90 bits per heavy atom. The normalized spacial score (nSPS) is 12.6. The molecule has 0 fully saturated rings. The molecule has 2 rings (SSSR count). The van der Waals surface area contributed by atoms with Gasteiger partial charge in [-0.2, -0.15) is 0 Å². The summed E-state index contributed by atoms with van der Waals surface area (Å²) in [5.41, 5.74) is 1.34. The number of aryl methyl sites for hydroxylation is 1. The molecule has 1 heterocycles. The molecule has 20 heavy (non-hydrogen) atoms. The molecule has 2 aromatic rings. The lowest BCUT2D eigenvalue weighted by Gasteiger charge is -2.16. The third-order valence-corrected chi connectivity index (χ3v) is 4.45. The monoisotopic (exact) mass is 290 g/mol. The van der Waals surface area contributed by atoms with Crippen molar-refractivity contribution < 1.29 is 0 Å². The van der Waals surface area contributed by atoms with Crippen LogP contribution in [0.1, 0.15) is 37.7 Å². The first-order valence-corrected chi connectivity index (χ1v) is 7.84. The summed E-state index contributed by atoms with van der Waals surface area (Å²) in [6.45, 7) is 7.30. The van der Waals surface area contributed by atoms with Crippen LogP contribution in [-0.2, 0) is 7.05 Å². The second-order valence-electron chi connectivity index (χ2n) is 4.78. The van der Waals surface area contributed by atoms with E-state index in [-0.39, 0.29) is 0 Å². The molecule has 1 aromatic carbocycles. The molecule has 1 N–H and O–H groups in total. The van der Waals surface area contributed by atoms with Gasteiger partial charge in [-0.05, 0) is 49.3 Å². The number of nitrogens with one attached hydrogen (secondary N) is 1. The first kappa shape index (κ1) is 15.1. The van der Waals surface area contributed by atoms with E-state index in [1.165, 1.54) is 10.5 Å². The maximum atomic E-state index is 4.18. The quantitative estimate of drug-likeness (QED) is 0.886. The van der Waals surface area contributed by atoms with E-state index in [1.54, 1.807) is 11.8 Å². The van der Waals surface area contributed by atoms with Crippen molar-refractivity contribution in [3.8, 4) is 0 Å².